The van der Waals surface area contributed by atoms with Crippen LogP contribution in [0.25, 0.3) is 0 Å². The van der Waals surface area contributed by atoms with Gasteiger partial charge in [0.1, 0.15) is 6.54 Å². The molecule has 0 aliphatic carbocycles. The van der Waals surface area contributed by atoms with Crippen molar-refractivity contribution >= 4 is 23.6 Å². The van der Waals surface area contributed by atoms with Crippen molar-refractivity contribution in [2.24, 2.45) is 5.92 Å². The summed E-state index contributed by atoms with van der Waals surface area (Å²) in [6, 6.07) is 14.1. The molecule has 1 atom stereocenters. The fourth-order valence-electron chi connectivity index (χ4n) is 4.72. The highest BCUT2D eigenvalue weighted by atomic mass is 32.2. The van der Waals surface area contributed by atoms with Crippen LogP contribution in [0.3, 0.4) is 0 Å². The van der Waals surface area contributed by atoms with E-state index < -0.39 is 0 Å². The van der Waals surface area contributed by atoms with E-state index in [0.29, 0.717) is 11.7 Å². The second-order valence-electron chi connectivity index (χ2n) is 9.10. The summed E-state index contributed by atoms with van der Waals surface area (Å²) in [5.74, 6) is 0.991. The molecule has 0 spiro atoms. The highest BCUT2D eigenvalue weighted by molar-refractivity contribution is 8.00. The highest BCUT2D eigenvalue weighted by Gasteiger charge is 2.33. The number of aryl methyl sites for hydroxylation is 1. The Hall–Kier alpha value is -3.13. The maximum atomic E-state index is 13.2. The normalized spacial score (nSPS) is 15.1. The quantitative estimate of drug-likeness (QED) is 0.427. The molecule has 0 bridgehead atoms. The van der Waals surface area contributed by atoms with Crippen molar-refractivity contribution in [3.05, 3.63) is 78.4 Å². The van der Waals surface area contributed by atoms with Crippen molar-refractivity contribution in [1.82, 2.24) is 24.6 Å². The summed E-state index contributed by atoms with van der Waals surface area (Å²) < 4.78 is 1.67. The third-order valence-electron chi connectivity index (χ3n) is 6.89. The van der Waals surface area contributed by atoms with Crippen LogP contribution < -0.4 is 0 Å². The van der Waals surface area contributed by atoms with E-state index in [9.17, 15) is 9.59 Å². The number of benzene rings is 1. The van der Waals surface area contributed by atoms with Gasteiger partial charge in [0, 0.05) is 55.9 Å². The third-order valence-corrected chi connectivity index (χ3v) is 7.88. The van der Waals surface area contributed by atoms with E-state index >= 15 is 0 Å². The molecule has 3 heterocycles. The maximum absolute atomic E-state index is 13.2. The minimum absolute atomic E-state index is 0.0551. The van der Waals surface area contributed by atoms with Gasteiger partial charge in [0.25, 0.3) is 0 Å². The Labute approximate surface area is 211 Å². The number of aromatic nitrogens is 3. The fraction of sp³-hybridized carbons (Fsp3) is 0.407. The predicted molar refractivity (Wildman–Crippen MR) is 138 cm³/mol. The van der Waals surface area contributed by atoms with Crippen molar-refractivity contribution in [2.45, 2.75) is 43.7 Å². The van der Waals surface area contributed by atoms with Gasteiger partial charge < -0.3 is 9.80 Å². The van der Waals surface area contributed by atoms with Crippen molar-refractivity contribution in [1.29, 1.82) is 0 Å². The lowest BCUT2D eigenvalue weighted by atomic mass is 9.84. The molecule has 1 aliphatic heterocycles. The number of amides is 2. The molecule has 7 nitrogen and oxygen atoms in total. The van der Waals surface area contributed by atoms with Crippen LogP contribution in [0.15, 0.2) is 72.1 Å². The Bertz CT molecular complexity index is 1100. The van der Waals surface area contributed by atoms with Crippen LogP contribution in [0.1, 0.15) is 24.0 Å². The molecule has 0 N–H and O–H groups in total. The van der Waals surface area contributed by atoms with Crippen LogP contribution in [0.4, 0.5) is 0 Å². The molecule has 0 unspecified atom stereocenters. The highest BCUT2D eigenvalue weighted by Crippen LogP contribution is 2.28. The van der Waals surface area contributed by atoms with Crippen molar-refractivity contribution in [3.63, 3.8) is 0 Å². The Morgan fingerprint density at radius 3 is 2.51 bits per heavy atom. The third kappa shape index (κ3) is 6.72. The van der Waals surface area contributed by atoms with Gasteiger partial charge in [0.05, 0.1) is 5.75 Å². The number of thioether (sulfide) groups is 1. The number of carbonyl (C=O) groups excluding carboxylic acids is 2. The molecule has 0 saturated carbocycles. The standard InChI is InChI=1S/C27H33N5O2S/c1-21-6-3-4-7-23(21)18-25(30(2)26(33)19-32-15-5-12-29-32)22-10-16-31(17-11-22)27(34)20-35-24-8-13-28-14-9-24/h3-9,12-15,22,25H,10-11,16-20H2,1-2H3/t25-/m0/s1. The number of piperidine rings is 1. The number of pyridine rings is 1. The Kier molecular flexibility index (Phi) is 8.58. The average molecular weight is 492 g/mol. The number of hydrogen-bond donors (Lipinski definition) is 0. The number of rotatable bonds is 9. The summed E-state index contributed by atoms with van der Waals surface area (Å²) in [6.45, 7) is 3.81. The number of nitrogens with zero attached hydrogens (tertiary/aromatic N) is 5. The van der Waals surface area contributed by atoms with Gasteiger partial charge in [0.2, 0.25) is 11.8 Å². The molecule has 1 aromatic carbocycles. The Morgan fingerprint density at radius 1 is 1.09 bits per heavy atom. The van der Waals surface area contributed by atoms with Crippen LogP contribution in [0.5, 0.6) is 0 Å². The molecule has 1 aliphatic rings. The molecule has 4 rings (SSSR count). The van der Waals surface area contributed by atoms with Gasteiger partial charge in [-0.1, -0.05) is 24.3 Å². The second-order valence-corrected chi connectivity index (χ2v) is 10.1. The first-order chi connectivity index (χ1) is 17.0. The summed E-state index contributed by atoms with van der Waals surface area (Å²) in [4.78, 5) is 34.9. The van der Waals surface area contributed by atoms with Gasteiger partial charge >= 0.3 is 0 Å². The van der Waals surface area contributed by atoms with E-state index in [1.807, 2.05) is 41.2 Å². The number of likely N-dealkylation sites (tertiary alicyclic amines) is 1. The largest absolute Gasteiger partial charge is 0.342 e. The molecule has 8 heteroatoms. The van der Waals surface area contributed by atoms with Gasteiger partial charge in [0.15, 0.2) is 0 Å². The zero-order chi connectivity index (χ0) is 24.6. The van der Waals surface area contributed by atoms with E-state index in [2.05, 4.69) is 41.3 Å². The molecule has 1 fully saturated rings. The van der Waals surface area contributed by atoms with Crippen LogP contribution in [0.2, 0.25) is 0 Å². The molecular weight excluding hydrogens is 458 g/mol. The number of likely N-dealkylation sites (N-methyl/N-ethyl adjacent to an activating group) is 1. The van der Waals surface area contributed by atoms with E-state index in [4.69, 9.17) is 0 Å². The van der Waals surface area contributed by atoms with Crippen LogP contribution in [-0.2, 0) is 22.6 Å². The van der Waals surface area contributed by atoms with Gasteiger partial charge in [-0.3, -0.25) is 19.3 Å². The van der Waals surface area contributed by atoms with Gasteiger partial charge in [-0.15, -0.1) is 11.8 Å². The first kappa shape index (κ1) is 25.0. The summed E-state index contributed by atoms with van der Waals surface area (Å²) in [6.07, 6.45) is 9.59. The summed E-state index contributed by atoms with van der Waals surface area (Å²) in [5, 5.41) is 4.20. The van der Waals surface area contributed by atoms with E-state index in [0.717, 1.165) is 37.2 Å². The number of hydrogen-bond acceptors (Lipinski definition) is 5. The van der Waals surface area contributed by atoms with Crippen molar-refractivity contribution < 1.29 is 9.59 Å². The maximum Gasteiger partial charge on any atom is 0.244 e. The summed E-state index contributed by atoms with van der Waals surface area (Å²) >= 11 is 1.55. The molecular formula is C27H33N5O2S. The molecule has 0 radical (unpaired) electrons. The zero-order valence-corrected chi connectivity index (χ0v) is 21.2. The van der Waals surface area contributed by atoms with E-state index in [-0.39, 0.29) is 24.4 Å². The van der Waals surface area contributed by atoms with Gasteiger partial charge in [-0.05, 0) is 61.4 Å². The van der Waals surface area contributed by atoms with Crippen LogP contribution >= 0.6 is 11.8 Å². The van der Waals surface area contributed by atoms with Crippen molar-refractivity contribution in [3.8, 4) is 0 Å². The van der Waals surface area contributed by atoms with Crippen molar-refractivity contribution in [2.75, 3.05) is 25.9 Å². The van der Waals surface area contributed by atoms with Gasteiger partial charge in [-0.25, -0.2) is 0 Å². The lowest BCUT2D eigenvalue weighted by Gasteiger charge is -2.40. The summed E-state index contributed by atoms with van der Waals surface area (Å²) in [5.41, 5.74) is 2.51. The molecule has 1 saturated heterocycles. The minimum Gasteiger partial charge on any atom is -0.342 e. The average Bonchev–Trinajstić information content (AvgIpc) is 3.40. The van der Waals surface area contributed by atoms with Crippen LogP contribution in [-0.4, -0.2) is 68.3 Å². The second kappa shape index (κ2) is 12.0. The minimum atomic E-state index is 0.0551. The lowest BCUT2D eigenvalue weighted by Crippen LogP contribution is -2.49. The molecule has 2 aromatic heterocycles. The predicted octanol–water partition coefficient (Wildman–Crippen LogP) is 3.69. The summed E-state index contributed by atoms with van der Waals surface area (Å²) in [7, 11) is 1.91. The zero-order valence-electron chi connectivity index (χ0n) is 20.4. The fourth-order valence-corrected chi connectivity index (χ4v) is 5.50. The number of carbonyl (C=O) groups is 2. The van der Waals surface area contributed by atoms with E-state index in [1.165, 1.54) is 11.1 Å². The first-order valence-corrected chi connectivity index (χ1v) is 13.1. The Balaban J connectivity index is 1.40. The van der Waals surface area contributed by atoms with Gasteiger partial charge in [-0.2, -0.15) is 5.10 Å². The SMILES string of the molecule is Cc1ccccc1C[C@@H](C1CCN(C(=O)CSc2ccncc2)CC1)N(C)C(=O)Cn1cccn1. The topological polar surface area (TPSA) is 71.3 Å². The molecule has 2 amide bonds. The van der Waals surface area contributed by atoms with Crippen LogP contribution in [0, 0.1) is 12.8 Å². The Morgan fingerprint density at radius 2 is 1.83 bits per heavy atom. The molecule has 184 valence electrons. The smallest absolute Gasteiger partial charge is 0.244 e. The first-order valence-electron chi connectivity index (χ1n) is 12.1. The monoisotopic (exact) mass is 491 g/mol. The molecule has 3 aromatic rings. The van der Waals surface area contributed by atoms with E-state index in [1.54, 1.807) is 35.0 Å². The molecule has 35 heavy (non-hydrogen) atoms. The lowest BCUT2D eigenvalue weighted by molar-refractivity contribution is -0.136.